The van der Waals surface area contributed by atoms with Crippen LogP contribution in [0.3, 0.4) is 0 Å². The Kier molecular flexibility index (Phi) is 1.99. The summed E-state index contributed by atoms with van der Waals surface area (Å²) in [5.74, 6) is 2.01. The van der Waals surface area contributed by atoms with Crippen LogP contribution in [0.5, 0.6) is 0 Å². The third-order valence-electron chi connectivity index (χ3n) is 3.77. The monoisotopic (exact) mass is 228 g/mol. The second kappa shape index (κ2) is 3.53. The standard InChI is InChI=1S/C13H16N4/c1-2-11-13(15-5-1)17(10-3-4-10)12(16-11)6-9-7-14-8-9/h1-2,5,9-10,14H,3-4,6-8H2. The highest BCUT2D eigenvalue weighted by Gasteiger charge is 2.30. The molecule has 2 aliphatic rings. The largest absolute Gasteiger partial charge is 0.316 e. The van der Waals surface area contributed by atoms with Gasteiger partial charge in [-0.05, 0) is 44.0 Å². The van der Waals surface area contributed by atoms with E-state index in [1.165, 1.54) is 18.7 Å². The molecule has 2 aromatic rings. The van der Waals surface area contributed by atoms with Crippen LogP contribution >= 0.6 is 0 Å². The molecule has 0 radical (unpaired) electrons. The first-order valence-electron chi connectivity index (χ1n) is 6.44. The molecule has 0 atom stereocenters. The van der Waals surface area contributed by atoms with Crippen molar-refractivity contribution in [1.29, 1.82) is 0 Å². The van der Waals surface area contributed by atoms with Crippen molar-refractivity contribution >= 4 is 11.2 Å². The van der Waals surface area contributed by atoms with Crippen LogP contribution < -0.4 is 5.32 Å². The molecular formula is C13H16N4. The minimum absolute atomic E-state index is 0.665. The number of hydrogen-bond donors (Lipinski definition) is 1. The Hall–Kier alpha value is -1.42. The maximum atomic E-state index is 4.77. The van der Waals surface area contributed by atoms with Gasteiger partial charge in [0.15, 0.2) is 5.65 Å². The lowest BCUT2D eigenvalue weighted by molar-refractivity contribution is 0.337. The van der Waals surface area contributed by atoms with Gasteiger partial charge in [-0.1, -0.05) is 0 Å². The van der Waals surface area contributed by atoms with E-state index in [9.17, 15) is 0 Å². The molecule has 17 heavy (non-hydrogen) atoms. The predicted molar refractivity (Wildman–Crippen MR) is 65.9 cm³/mol. The van der Waals surface area contributed by atoms with E-state index in [1.54, 1.807) is 0 Å². The number of hydrogen-bond acceptors (Lipinski definition) is 3. The number of imidazole rings is 1. The molecule has 1 aliphatic heterocycles. The highest BCUT2D eigenvalue weighted by atomic mass is 15.2. The van der Waals surface area contributed by atoms with Crippen molar-refractivity contribution in [3.8, 4) is 0 Å². The van der Waals surface area contributed by atoms with Crippen molar-refractivity contribution in [2.45, 2.75) is 25.3 Å². The molecule has 2 fully saturated rings. The molecule has 1 aliphatic carbocycles. The van der Waals surface area contributed by atoms with E-state index in [-0.39, 0.29) is 0 Å². The molecule has 4 rings (SSSR count). The van der Waals surface area contributed by atoms with Crippen LogP contribution in [0.2, 0.25) is 0 Å². The van der Waals surface area contributed by atoms with E-state index >= 15 is 0 Å². The Morgan fingerprint density at radius 1 is 1.35 bits per heavy atom. The molecule has 0 bridgehead atoms. The SMILES string of the molecule is c1cnc2c(c1)nc(CC1CNC1)n2C1CC1. The van der Waals surface area contributed by atoms with Crippen molar-refractivity contribution in [2.75, 3.05) is 13.1 Å². The van der Waals surface area contributed by atoms with Gasteiger partial charge in [-0.25, -0.2) is 9.97 Å². The summed E-state index contributed by atoms with van der Waals surface area (Å²) in [6, 6.07) is 4.71. The Balaban J connectivity index is 1.80. The smallest absolute Gasteiger partial charge is 0.160 e. The number of fused-ring (bicyclic) bond motifs is 1. The first kappa shape index (κ1) is 9.59. The first-order chi connectivity index (χ1) is 8.42. The Bertz CT molecular complexity index is 552. The predicted octanol–water partition coefficient (Wildman–Crippen LogP) is 1.53. The van der Waals surface area contributed by atoms with Gasteiger partial charge in [0.05, 0.1) is 0 Å². The summed E-state index contributed by atoms with van der Waals surface area (Å²) >= 11 is 0. The third kappa shape index (κ3) is 1.55. The van der Waals surface area contributed by atoms with Crippen molar-refractivity contribution in [1.82, 2.24) is 19.9 Å². The molecule has 0 unspecified atom stereocenters. The lowest BCUT2D eigenvalue weighted by Gasteiger charge is -2.26. The summed E-state index contributed by atoms with van der Waals surface area (Å²) in [4.78, 5) is 9.27. The molecule has 3 heterocycles. The average molecular weight is 228 g/mol. The maximum absolute atomic E-state index is 4.77. The van der Waals surface area contributed by atoms with Gasteiger partial charge >= 0.3 is 0 Å². The van der Waals surface area contributed by atoms with Gasteiger partial charge in [0.25, 0.3) is 0 Å². The van der Waals surface area contributed by atoms with Gasteiger partial charge in [0.1, 0.15) is 11.3 Å². The molecule has 88 valence electrons. The van der Waals surface area contributed by atoms with E-state index in [4.69, 9.17) is 4.98 Å². The van der Waals surface area contributed by atoms with E-state index in [2.05, 4.69) is 20.9 Å². The van der Waals surface area contributed by atoms with Gasteiger partial charge in [-0.15, -0.1) is 0 Å². The Labute approximate surface area is 100 Å². The van der Waals surface area contributed by atoms with Gasteiger partial charge < -0.3 is 9.88 Å². The zero-order valence-corrected chi connectivity index (χ0v) is 9.76. The van der Waals surface area contributed by atoms with E-state index in [1.807, 2.05) is 12.3 Å². The number of nitrogens with zero attached hydrogens (tertiary/aromatic N) is 3. The van der Waals surface area contributed by atoms with Crippen molar-refractivity contribution in [2.24, 2.45) is 5.92 Å². The fourth-order valence-electron chi connectivity index (χ4n) is 2.59. The molecule has 0 amide bonds. The van der Waals surface area contributed by atoms with Crippen LogP contribution in [-0.2, 0) is 6.42 Å². The van der Waals surface area contributed by atoms with Gasteiger partial charge in [0, 0.05) is 18.7 Å². The summed E-state index contributed by atoms with van der Waals surface area (Å²) in [7, 11) is 0. The van der Waals surface area contributed by atoms with Crippen molar-refractivity contribution in [3.05, 3.63) is 24.2 Å². The average Bonchev–Trinajstić information content (AvgIpc) is 3.05. The molecule has 1 N–H and O–H groups in total. The van der Waals surface area contributed by atoms with Gasteiger partial charge in [0.2, 0.25) is 0 Å². The van der Waals surface area contributed by atoms with Crippen LogP contribution in [0.4, 0.5) is 0 Å². The normalized spacial score (nSPS) is 20.7. The fourth-order valence-corrected chi connectivity index (χ4v) is 2.59. The maximum Gasteiger partial charge on any atom is 0.160 e. The fraction of sp³-hybridized carbons (Fsp3) is 0.538. The summed E-state index contributed by atoms with van der Waals surface area (Å²) in [6.45, 7) is 2.28. The van der Waals surface area contributed by atoms with Crippen LogP contribution in [-0.4, -0.2) is 27.6 Å². The van der Waals surface area contributed by atoms with E-state index in [0.29, 0.717) is 6.04 Å². The van der Waals surface area contributed by atoms with Crippen molar-refractivity contribution in [3.63, 3.8) is 0 Å². The molecule has 0 aromatic carbocycles. The van der Waals surface area contributed by atoms with E-state index in [0.717, 1.165) is 36.6 Å². The zero-order valence-electron chi connectivity index (χ0n) is 9.76. The first-order valence-corrected chi connectivity index (χ1v) is 6.44. The summed E-state index contributed by atoms with van der Waals surface area (Å²) in [5.41, 5.74) is 2.14. The highest BCUT2D eigenvalue weighted by Crippen LogP contribution is 2.38. The molecular weight excluding hydrogens is 212 g/mol. The van der Waals surface area contributed by atoms with Crippen LogP contribution in [0.1, 0.15) is 24.7 Å². The summed E-state index contributed by atoms with van der Waals surface area (Å²) in [6.07, 6.45) is 5.55. The molecule has 4 nitrogen and oxygen atoms in total. The summed E-state index contributed by atoms with van der Waals surface area (Å²) in [5, 5.41) is 3.33. The van der Waals surface area contributed by atoms with Gasteiger partial charge in [-0.2, -0.15) is 0 Å². The number of nitrogens with one attached hydrogen (secondary N) is 1. The highest BCUT2D eigenvalue weighted by molar-refractivity contribution is 5.71. The molecule has 2 aromatic heterocycles. The number of rotatable bonds is 3. The lowest BCUT2D eigenvalue weighted by Crippen LogP contribution is -2.43. The topological polar surface area (TPSA) is 42.7 Å². The second-order valence-corrected chi connectivity index (χ2v) is 5.20. The minimum Gasteiger partial charge on any atom is -0.316 e. The van der Waals surface area contributed by atoms with E-state index < -0.39 is 0 Å². The minimum atomic E-state index is 0.665. The van der Waals surface area contributed by atoms with Gasteiger partial charge in [-0.3, -0.25) is 0 Å². The molecule has 0 spiro atoms. The second-order valence-electron chi connectivity index (χ2n) is 5.20. The lowest BCUT2D eigenvalue weighted by atomic mass is 9.99. The molecule has 1 saturated heterocycles. The summed E-state index contributed by atoms with van der Waals surface area (Å²) < 4.78 is 2.38. The van der Waals surface area contributed by atoms with Crippen LogP contribution in [0, 0.1) is 5.92 Å². The van der Waals surface area contributed by atoms with Crippen LogP contribution in [0.25, 0.3) is 11.2 Å². The third-order valence-corrected chi connectivity index (χ3v) is 3.77. The Morgan fingerprint density at radius 2 is 2.24 bits per heavy atom. The van der Waals surface area contributed by atoms with Crippen molar-refractivity contribution < 1.29 is 0 Å². The Morgan fingerprint density at radius 3 is 2.94 bits per heavy atom. The van der Waals surface area contributed by atoms with Crippen LogP contribution in [0.15, 0.2) is 18.3 Å². The molecule has 1 saturated carbocycles. The number of pyridine rings is 1. The molecule has 4 heteroatoms. The zero-order chi connectivity index (χ0) is 11.2. The quantitative estimate of drug-likeness (QED) is 0.866. The number of aromatic nitrogens is 3.